The minimum absolute atomic E-state index is 0.458. The Labute approximate surface area is 204 Å². The normalized spacial score (nSPS) is 14.3. The molecule has 4 aromatic rings. The fraction of sp³-hybridized carbons (Fsp3) is 0.269. The lowest BCUT2D eigenvalue weighted by Gasteiger charge is -2.36. The lowest BCUT2D eigenvalue weighted by Crippen LogP contribution is -2.48. The second kappa shape index (κ2) is 10.0. The number of nitrogens with zero attached hydrogens (tertiary/aromatic N) is 5. The molecule has 2 aromatic carbocycles. The number of imidazole rings is 1. The molecule has 9 nitrogen and oxygen atoms in total. The highest BCUT2D eigenvalue weighted by Gasteiger charge is 2.17. The van der Waals surface area contributed by atoms with Crippen molar-refractivity contribution in [3.8, 4) is 11.3 Å². The zero-order chi connectivity index (χ0) is 24.2. The first-order valence-electron chi connectivity index (χ1n) is 11.8. The molecule has 1 aliphatic heterocycles. The SMILES string of the molecule is Cc1cccc(-c2cnc(Nc3ccc(N4CCN(CCNC(=O)O)CC4)cc3)c3nccn23)c1. The van der Waals surface area contributed by atoms with Gasteiger partial charge in [0.25, 0.3) is 0 Å². The van der Waals surface area contributed by atoms with Crippen molar-refractivity contribution >= 4 is 28.9 Å². The van der Waals surface area contributed by atoms with Crippen molar-refractivity contribution in [3.05, 3.63) is 72.7 Å². The van der Waals surface area contributed by atoms with Crippen LogP contribution in [-0.4, -0.2) is 69.7 Å². The molecule has 0 unspecified atom stereocenters. The van der Waals surface area contributed by atoms with Gasteiger partial charge in [-0.15, -0.1) is 0 Å². The number of hydrogen-bond acceptors (Lipinski definition) is 6. The van der Waals surface area contributed by atoms with Crippen molar-refractivity contribution in [2.24, 2.45) is 0 Å². The third-order valence-electron chi connectivity index (χ3n) is 6.31. The smallest absolute Gasteiger partial charge is 0.404 e. The highest BCUT2D eigenvalue weighted by atomic mass is 16.4. The molecule has 1 aliphatic rings. The molecule has 1 saturated heterocycles. The molecule has 0 aliphatic carbocycles. The summed E-state index contributed by atoms with van der Waals surface area (Å²) in [6.07, 6.45) is 4.66. The molecule has 3 heterocycles. The third-order valence-corrected chi connectivity index (χ3v) is 6.31. The number of aromatic nitrogens is 3. The lowest BCUT2D eigenvalue weighted by molar-refractivity contribution is 0.190. The van der Waals surface area contributed by atoms with Crippen LogP contribution in [-0.2, 0) is 0 Å². The summed E-state index contributed by atoms with van der Waals surface area (Å²) in [6.45, 7) is 6.93. The summed E-state index contributed by atoms with van der Waals surface area (Å²) in [5.74, 6) is 0.711. The van der Waals surface area contributed by atoms with E-state index < -0.39 is 6.09 Å². The summed E-state index contributed by atoms with van der Waals surface area (Å²) in [6, 6.07) is 16.7. The van der Waals surface area contributed by atoms with Crippen LogP contribution in [0.4, 0.5) is 22.0 Å². The molecule has 1 amide bonds. The van der Waals surface area contributed by atoms with E-state index in [0.29, 0.717) is 12.4 Å². The van der Waals surface area contributed by atoms with E-state index in [1.165, 1.54) is 11.3 Å². The molecule has 0 spiro atoms. The molecule has 0 atom stereocenters. The molecule has 0 saturated carbocycles. The zero-order valence-electron chi connectivity index (χ0n) is 19.7. The first kappa shape index (κ1) is 22.7. The van der Waals surface area contributed by atoms with E-state index in [1.807, 2.05) is 12.4 Å². The maximum atomic E-state index is 10.6. The van der Waals surface area contributed by atoms with Gasteiger partial charge in [-0.25, -0.2) is 14.8 Å². The van der Waals surface area contributed by atoms with Gasteiger partial charge in [-0.3, -0.25) is 9.30 Å². The average Bonchev–Trinajstić information content (AvgIpc) is 3.36. The van der Waals surface area contributed by atoms with Crippen molar-refractivity contribution in [2.45, 2.75) is 6.92 Å². The summed E-state index contributed by atoms with van der Waals surface area (Å²) < 4.78 is 2.06. The summed E-state index contributed by atoms with van der Waals surface area (Å²) in [4.78, 5) is 24.5. The molecular weight excluding hydrogens is 442 g/mol. The minimum atomic E-state index is -0.969. The lowest BCUT2D eigenvalue weighted by atomic mass is 10.1. The van der Waals surface area contributed by atoms with Gasteiger partial charge >= 0.3 is 6.09 Å². The molecule has 0 radical (unpaired) electrons. The molecule has 0 bridgehead atoms. The van der Waals surface area contributed by atoms with Crippen LogP contribution in [0.5, 0.6) is 0 Å². The predicted molar refractivity (Wildman–Crippen MR) is 138 cm³/mol. The van der Waals surface area contributed by atoms with Crippen LogP contribution in [0.2, 0.25) is 0 Å². The topological polar surface area (TPSA) is 98.0 Å². The molecule has 9 heteroatoms. The van der Waals surface area contributed by atoms with Gasteiger partial charge in [0.1, 0.15) is 0 Å². The van der Waals surface area contributed by atoms with Gasteiger partial charge in [-0.05, 0) is 37.3 Å². The van der Waals surface area contributed by atoms with Gasteiger partial charge in [0, 0.05) is 68.6 Å². The fourth-order valence-electron chi connectivity index (χ4n) is 4.47. The van der Waals surface area contributed by atoms with Gasteiger partial charge in [0.15, 0.2) is 11.5 Å². The third kappa shape index (κ3) is 5.20. The number of piperazine rings is 1. The number of fused-ring (bicyclic) bond motifs is 1. The first-order chi connectivity index (χ1) is 17.1. The second-order valence-corrected chi connectivity index (χ2v) is 8.71. The van der Waals surface area contributed by atoms with Gasteiger partial charge in [-0.2, -0.15) is 0 Å². The number of nitrogens with one attached hydrogen (secondary N) is 2. The highest BCUT2D eigenvalue weighted by molar-refractivity contribution is 5.74. The van der Waals surface area contributed by atoms with Crippen LogP contribution in [0.3, 0.4) is 0 Å². The predicted octanol–water partition coefficient (Wildman–Crippen LogP) is 3.84. The maximum Gasteiger partial charge on any atom is 0.404 e. The fourth-order valence-corrected chi connectivity index (χ4v) is 4.47. The van der Waals surface area contributed by atoms with E-state index in [2.05, 4.69) is 90.3 Å². The Kier molecular flexibility index (Phi) is 6.49. The number of anilines is 3. The Bertz CT molecular complexity index is 1310. The van der Waals surface area contributed by atoms with Crippen LogP contribution in [0.25, 0.3) is 16.9 Å². The van der Waals surface area contributed by atoms with E-state index in [4.69, 9.17) is 5.11 Å². The number of aryl methyl sites for hydroxylation is 1. The van der Waals surface area contributed by atoms with Crippen LogP contribution in [0.1, 0.15) is 5.56 Å². The van der Waals surface area contributed by atoms with E-state index in [0.717, 1.165) is 55.3 Å². The Morgan fingerprint density at radius 2 is 1.86 bits per heavy atom. The Morgan fingerprint density at radius 1 is 1.06 bits per heavy atom. The van der Waals surface area contributed by atoms with Gasteiger partial charge in [0.2, 0.25) is 0 Å². The number of carbonyl (C=O) groups is 1. The molecular formula is C26H29N7O2. The second-order valence-electron chi connectivity index (χ2n) is 8.71. The largest absolute Gasteiger partial charge is 0.465 e. The molecule has 1 fully saturated rings. The zero-order valence-corrected chi connectivity index (χ0v) is 19.7. The van der Waals surface area contributed by atoms with Crippen LogP contribution in [0, 0.1) is 6.92 Å². The van der Waals surface area contributed by atoms with Gasteiger partial charge < -0.3 is 20.6 Å². The van der Waals surface area contributed by atoms with Crippen molar-refractivity contribution in [3.63, 3.8) is 0 Å². The number of rotatable bonds is 7. The summed E-state index contributed by atoms with van der Waals surface area (Å²) in [5.41, 5.74) is 6.21. The van der Waals surface area contributed by atoms with Crippen LogP contribution in [0.15, 0.2) is 67.1 Å². The number of benzene rings is 2. The molecule has 2 aromatic heterocycles. The molecule has 180 valence electrons. The molecule has 3 N–H and O–H groups in total. The van der Waals surface area contributed by atoms with E-state index in [-0.39, 0.29) is 0 Å². The van der Waals surface area contributed by atoms with E-state index >= 15 is 0 Å². The van der Waals surface area contributed by atoms with Gasteiger partial charge in [-0.1, -0.05) is 23.8 Å². The number of hydrogen-bond donors (Lipinski definition) is 3. The average molecular weight is 472 g/mol. The number of amides is 1. The summed E-state index contributed by atoms with van der Waals surface area (Å²) >= 11 is 0. The first-order valence-corrected chi connectivity index (χ1v) is 11.8. The Morgan fingerprint density at radius 3 is 2.60 bits per heavy atom. The quantitative estimate of drug-likeness (QED) is 0.377. The Balaban J connectivity index is 1.24. The van der Waals surface area contributed by atoms with E-state index in [9.17, 15) is 4.79 Å². The van der Waals surface area contributed by atoms with Crippen LogP contribution >= 0.6 is 0 Å². The maximum absolute atomic E-state index is 10.6. The van der Waals surface area contributed by atoms with Crippen molar-refractivity contribution in [1.29, 1.82) is 0 Å². The van der Waals surface area contributed by atoms with Crippen molar-refractivity contribution < 1.29 is 9.90 Å². The van der Waals surface area contributed by atoms with Crippen molar-refractivity contribution in [1.82, 2.24) is 24.6 Å². The van der Waals surface area contributed by atoms with Crippen LogP contribution < -0.4 is 15.5 Å². The number of carboxylic acid groups (broad SMARTS) is 1. The summed E-state index contributed by atoms with van der Waals surface area (Å²) in [7, 11) is 0. The van der Waals surface area contributed by atoms with Crippen molar-refractivity contribution in [2.75, 3.05) is 49.5 Å². The standard InChI is InChI=1S/C26H29N7O2/c1-19-3-2-4-20(17-19)23-18-29-24(25-27-10-12-33(23)25)30-21-5-7-22(8-6-21)32-15-13-31(14-16-32)11-9-28-26(34)35/h2-8,10,12,17-18,28H,9,11,13-16H2,1H3,(H,29,30)(H,34,35). The molecule has 35 heavy (non-hydrogen) atoms. The minimum Gasteiger partial charge on any atom is -0.465 e. The van der Waals surface area contributed by atoms with Gasteiger partial charge in [0.05, 0.1) is 11.9 Å². The monoisotopic (exact) mass is 471 g/mol. The highest BCUT2D eigenvalue weighted by Crippen LogP contribution is 2.27. The molecule has 5 rings (SSSR count). The summed E-state index contributed by atoms with van der Waals surface area (Å²) in [5, 5.41) is 14.6. The van der Waals surface area contributed by atoms with E-state index in [1.54, 1.807) is 6.20 Å². The Hall–Kier alpha value is -4.11.